The Balaban J connectivity index is 1.34. The first-order valence-corrected chi connectivity index (χ1v) is 15.6. The number of hydrogen-bond acceptors (Lipinski definition) is 5. The number of sulfonamides is 1. The Morgan fingerprint density at radius 3 is 1.95 bits per heavy atom. The molecule has 1 aliphatic heterocycles. The van der Waals surface area contributed by atoms with Crippen LogP contribution in [-0.2, 0) is 19.6 Å². The van der Waals surface area contributed by atoms with Gasteiger partial charge in [-0.05, 0) is 72.5 Å². The van der Waals surface area contributed by atoms with Crippen LogP contribution in [0.4, 0.5) is 17.1 Å². The maximum atomic E-state index is 13.2. The molecule has 9 nitrogen and oxygen atoms in total. The van der Waals surface area contributed by atoms with Gasteiger partial charge in [-0.15, -0.1) is 0 Å². The van der Waals surface area contributed by atoms with Crippen molar-refractivity contribution in [3.05, 3.63) is 84.4 Å². The molecule has 3 amide bonds. The standard InChI is InChI=1S/C32H38N4O5S/c1-22(2)19-35(20-23(3)4)42(40,41)29-16-14-27(15-17-29)33-31(38)24-10-12-26(13-11-24)34-32(39)25-18-30(37)36(21-25)28-8-6-5-7-9-28/h5-17,22-23,25H,18-21H2,1-4H3,(H,33,38)(H,34,39). The third-order valence-electron chi connectivity index (χ3n) is 6.87. The predicted molar refractivity (Wildman–Crippen MR) is 165 cm³/mol. The number of carbonyl (C=O) groups is 3. The first-order chi connectivity index (χ1) is 19.9. The topological polar surface area (TPSA) is 116 Å². The van der Waals surface area contributed by atoms with Gasteiger partial charge in [-0.3, -0.25) is 14.4 Å². The van der Waals surface area contributed by atoms with Gasteiger partial charge in [-0.25, -0.2) is 8.42 Å². The van der Waals surface area contributed by atoms with Crippen molar-refractivity contribution < 1.29 is 22.8 Å². The van der Waals surface area contributed by atoms with E-state index < -0.39 is 15.9 Å². The van der Waals surface area contributed by atoms with Gasteiger partial charge >= 0.3 is 0 Å². The van der Waals surface area contributed by atoms with Gasteiger partial charge in [0.05, 0.1) is 10.8 Å². The van der Waals surface area contributed by atoms with Crippen molar-refractivity contribution >= 4 is 44.8 Å². The average Bonchev–Trinajstić information content (AvgIpc) is 3.35. The molecule has 0 radical (unpaired) electrons. The predicted octanol–water partition coefficient (Wildman–Crippen LogP) is 5.23. The van der Waals surface area contributed by atoms with Gasteiger partial charge in [0.15, 0.2) is 0 Å². The summed E-state index contributed by atoms with van der Waals surface area (Å²) in [4.78, 5) is 39.9. The summed E-state index contributed by atoms with van der Waals surface area (Å²) in [5.74, 6) is -0.820. The SMILES string of the molecule is CC(C)CN(CC(C)C)S(=O)(=O)c1ccc(NC(=O)c2ccc(NC(=O)C3CC(=O)N(c4ccccc4)C3)cc2)cc1. The molecule has 42 heavy (non-hydrogen) atoms. The Morgan fingerprint density at radius 1 is 0.833 bits per heavy atom. The van der Waals surface area contributed by atoms with Crippen LogP contribution in [0.2, 0.25) is 0 Å². The summed E-state index contributed by atoms with van der Waals surface area (Å²) in [7, 11) is -3.67. The Bertz CT molecular complexity index is 1490. The lowest BCUT2D eigenvalue weighted by atomic mass is 10.1. The summed E-state index contributed by atoms with van der Waals surface area (Å²) in [6.45, 7) is 9.11. The van der Waals surface area contributed by atoms with E-state index in [9.17, 15) is 22.8 Å². The number of nitrogens with one attached hydrogen (secondary N) is 2. The van der Waals surface area contributed by atoms with Gasteiger partial charge in [-0.2, -0.15) is 4.31 Å². The first-order valence-electron chi connectivity index (χ1n) is 14.1. The number of amides is 3. The summed E-state index contributed by atoms with van der Waals surface area (Å²) in [5.41, 5.74) is 2.12. The fourth-order valence-electron chi connectivity index (χ4n) is 4.84. The Morgan fingerprint density at radius 2 is 1.38 bits per heavy atom. The van der Waals surface area contributed by atoms with Crippen LogP contribution in [0.5, 0.6) is 0 Å². The molecule has 0 spiro atoms. The molecule has 1 heterocycles. The highest BCUT2D eigenvalue weighted by Crippen LogP contribution is 2.26. The normalized spacial score (nSPS) is 15.5. The lowest BCUT2D eigenvalue weighted by Crippen LogP contribution is -2.37. The monoisotopic (exact) mass is 590 g/mol. The molecular formula is C32H38N4O5S. The van der Waals surface area contributed by atoms with Crippen LogP contribution in [0, 0.1) is 17.8 Å². The van der Waals surface area contributed by atoms with E-state index in [1.807, 2.05) is 58.0 Å². The number of rotatable bonds is 11. The number of anilines is 3. The van der Waals surface area contributed by atoms with Crippen molar-refractivity contribution in [2.75, 3.05) is 35.2 Å². The van der Waals surface area contributed by atoms with E-state index in [1.165, 1.54) is 16.4 Å². The molecule has 4 rings (SSSR count). The van der Waals surface area contributed by atoms with E-state index in [1.54, 1.807) is 41.3 Å². The van der Waals surface area contributed by atoms with E-state index in [2.05, 4.69) is 10.6 Å². The summed E-state index contributed by atoms with van der Waals surface area (Å²) >= 11 is 0. The highest BCUT2D eigenvalue weighted by molar-refractivity contribution is 7.89. The highest BCUT2D eigenvalue weighted by atomic mass is 32.2. The van der Waals surface area contributed by atoms with Crippen molar-refractivity contribution in [3.63, 3.8) is 0 Å². The van der Waals surface area contributed by atoms with Crippen molar-refractivity contribution in [1.82, 2.24) is 4.31 Å². The van der Waals surface area contributed by atoms with Crippen LogP contribution >= 0.6 is 0 Å². The molecular weight excluding hydrogens is 552 g/mol. The van der Waals surface area contributed by atoms with E-state index in [0.717, 1.165) is 5.69 Å². The van der Waals surface area contributed by atoms with Crippen molar-refractivity contribution in [2.24, 2.45) is 17.8 Å². The van der Waals surface area contributed by atoms with Crippen LogP contribution in [0.25, 0.3) is 0 Å². The summed E-state index contributed by atoms with van der Waals surface area (Å²) in [6.07, 6.45) is 0.134. The molecule has 1 atom stereocenters. The second-order valence-electron chi connectivity index (χ2n) is 11.4. The van der Waals surface area contributed by atoms with Gasteiger partial charge < -0.3 is 15.5 Å². The zero-order valence-corrected chi connectivity index (χ0v) is 25.2. The van der Waals surface area contributed by atoms with Crippen molar-refractivity contribution in [1.29, 1.82) is 0 Å². The van der Waals surface area contributed by atoms with Gasteiger partial charge in [0.25, 0.3) is 5.91 Å². The minimum Gasteiger partial charge on any atom is -0.326 e. The first kappa shape index (κ1) is 30.9. The zero-order valence-electron chi connectivity index (χ0n) is 24.4. The maximum absolute atomic E-state index is 13.2. The van der Waals surface area contributed by atoms with E-state index in [-0.39, 0.29) is 40.9 Å². The minimum atomic E-state index is -3.67. The number of para-hydroxylation sites is 1. The van der Waals surface area contributed by atoms with E-state index in [4.69, 9.17) is 0 Å². The lowest BCUT2D eigenvalue weighted by molar-refractivity contribution is -0.122. The van der Waals surface area contributed by atoms with Crippen molar-refractivity contribution in [2.45, 2.75) is 39.0 Å². The number of carbonyl (C=O) groups excluding carboxylic acids is 3. The molecule has 0 aromatic heterocycles. The molecule has 222 valence electrons. The molecule has 0 aliphatic carbocycles. The molecule has 1 unspecified atom stereocenters. The van der Waals surface area contributed by atoms with Gasteiger partial charge in [-0.1, -0.05) is 45.9 Å². The minimum absolute atomic E-state index is 0.0950. The third kappa shape index (κ3) is 7.63. The van der Waals surface area contributed by atoms with E-state index >= 15 is 0 Å². The van der Waals surface area contributed by atoms with Gasteiger partial charge in [0.2, 0.25) is 21.8 Å². The smallest absolute Gasteiger partial charge is 0.255 e. The molecule has 1 aliphatic rings. The summed E-state index contributed by atoms with van der Waals surface area (Å²) in [5, 5.41) is 5.62. The summed E-state index contributed by atoms with van der Waals surface area (Å²) < 4.78 is 28.0. The fraction of sp³-hybridized carbons (Fsp3) is 0.344. The largest absolute Gasteiger partial charge is 0.326 e. The van der Waals surface area contributed by atoms with Crippen LogP contribution in [0.15, 0.2) is 83.8 Å². The van der Waals surface area contributed by atoms with Crippen LogP contribution in [0.1, 0.15) is 44.5 Å². The van der Waals surface area contributed by atoms with Crippen LogP contribution < -0.4 is 15.5 Å². The lowest BCUT2D eigenvalue weighted by Gasteiger charge is -2.25. The Kier molecular flexibility index (Phi) is 9.80. The molecule has 0 saturated carbocycles. The second kappa shape index (κ2) is 13.3. The van der Waals surface area contributed by atoms with Crippen molar-refractivity contribution in [3.8, 4) is 0 Å². The molecule has 0 bridgehead atoms. The Labute approximate surface area is 248 Å². The van der Waals surface area contributed by atoms with Gasteiger partial charge in [0.1, 0.15) is 0 Å². The molecule has 10 heteroatoms. The number of benzene rings is 3. The molecule has 2 N–H and O–H groups in total. The molecule has 1 saturated heterocycles. The quantitative estimate of drug-likeness (QED) is 0.317. The van der Waals surface area contributed by atoms with E-state index in [0.29, 0.717) is 36.6 Å². The zero-order chi connectivity index (χ0) is 30.4. The van der Waals surface area contributed by atoms with Gasteiger partial charge in [0, 0.05) is 48.7 Å². The molecule has 1 fully saturated rings. The fourth-order valence-corrected chi connectivity index (χ4v) is 6.60. The molecule has 3 aromatic carbocycles. The van der Waals surface area contributed by atoms with Crippen LogP contribution in [-0.4, -0.2) is 50.1 Å². The second-order valence-corrected chi connectivity index (χ2v) is 13.3. The Hall–Kier alpha value is -4.02. The number of nitrogens with zero attached hydrogens (tertiary/aromatic N) is 2. The maximum Gasteiger partial charge on any atom is 0.255 e. The average molecular weight is 591 g/mol. The number of hydrogen-bond donors (Lipinski definition) is 2. The third-order valence-corrected chi connectivity index (χ3v) is 8.71. The highest BCUT2D eigenvalue weighted by Gasteiger charge is 2.35. The summed E-state index contributed by atoms with van der Waals surface area (Å²) in [6, 6.07) is 21.9. The van der Waals surface area contributed by atoms with Crippen LogP contribution in [0.3, 0.4) is 0 Å². The molecule has 3 aromatic rings.